The average Bonchev–Trinajstić information content (AvgIpc) is 3.09. The van der Waals surface area contributed by atoms with Gasteiger partial charge in [-0.25, -0.2) is 4.39 Å². The molecule has 3 aromatic rings. The minimum absolute atomic E-state index is 0.0771. The quantitative estimate of drug-likeness (QED) is 0.546. The lowest BCUT2D eigenvalue weighted by molar-refractivity contribution is -0.145. The molecule has 7 heteroatoms. The predicted octanol–water partition coefficient (Wildman–Crippen LogP) is 4.62. The Bertz CT molecular complexity index is 909. The molecule has 26 heavy (non-hydrogen) atoms. The van der Waals surface area contributed by atoms with E-state index < -0.39 is 11.8 Å². The smallest absolute Gasteiger partial charge is 0.306 e. The number of aryl methyl sites for hydroxylation is 2. The van der Waals surface area contributed by atoms with Gasteiger partial charge in [-0.05, 0) is 31.2 Å². The highest BCUT2D eigenvalue weighted by Gasteiger charge is 2.12. The summed E-state index contributed by atoms with van der Waals surface area (Å²) < 4.78 is 25.0. The van der Waals surface area contributed by atoms with Gasteiger partial charge in [0.15, 0.2) is 0 Å². The fourth-order valence-electron chi connectivity index (χ4n) is 2.25. The molecule has 1 aromatic heterocycles. The van der Waals surface area contributed by atoms with E-state index in [1.54, 1.807) is 12.1 Å². The standard InChI is InChI=1S/C19H16BrFN2O3/c1-12-2-4-13(5-3-12)19-23-22-17(26-19)8-9-18(24)25-11-14-6-7-15(20)10-16(14)21/h2-7,10H,8-9,11H2,1H3. The van der Waals surface area contributed by atoms with Crippen LogP contribution in [0.2, 0.25) is 0 Å². The molecule has 0 aliphatic heterocycles. The molecule has 5 nitrogen and oxygen atoms in total. The number of carbonyl (C=O) groups excluding carboxylic acids is 1. The molecule has 0 radical (unpaired) electrons. The van der Waals surface area contributed by atoms with Crippen LogP contribution in [0.4, 0.5) is 4.39 Å². The van der Waals surface area contributed by atoms with E-state index in [1.807, 2.05) is 31.2 Å². The van der Waals surface area contributed by atoms with Crippen molar-refractivity contribution in [2.45, 2.75) is 26.4 Å². The van der Waals surface area contributed by atoms with Crippen molar-refractivity contribution in [3.05, 3.63) is 69.8 Å². The van der Waals surface area contributed by atoms with Gasteiger partial charge in [-0.1, -0.05) is 39.7 Å². The number of ether oxygens (including phenoxy) is 1. The average molecular weight is 419 g/mol. The van der Waals surface area contributed by atoms with Crippen molar-refractivity contribution in [1.29, 1.82) is 0 Å². The van der Waals surface area contributed by atoms with Gasteiger partial charge in [-0.2, -0.15) is 0 Å². The van der Waals surface area contributed by atoms with E-state index >= 15 is 0 Å². The highest BCUT2D eigenvalue weighted by Crippen LogP contribution is 2.19. The molecule has 0 saturated carbocycles. The molecule has 2 aromatic carbocycles. The molecular weight excluding hydrogens is 403 g/mol. The van der Waals surface area contributed by atoms with Crippen molar-refractivity contribution in [3.8, 4) is 11.5 Å². The zero-order chi connectivity index (χ0) is 18.5. The lowest BCUT2D eigenvalue weighted by Gasteiger charge is -2.05. The Hall–Kier alpha value is -2.54. The van der Waals surface area contributed by atoms with E-state index in [9.17, 15) is 9.18 Å². The fourth-order valence-corrected chi connectivity index (χ4v) is 2.58. The van der Waals surface area contributed by atoms with Gasteiger partial charge in [0, 0.05) is 22.0 Å². The molecule has 3 rings (SSSR count). The van der Waals surface area contributed by atoms with Crippen LogP contribution in [0.25, 0.3) is 11.5 Å². The third-order valence-electron chi connectivity index (χ3n) is 3.71. The van der Waals surface area contributed by atoms with Crippen molar-refractivity contribution in [1.82, 2.24) is 10.2 Å². The van der Waals surface area contributed by atoms with Gasteiger partial charge in [0.2, 0.25) is 11.8 Å². The maximum atomic E-state index is 13.7. The van der Waals surface area contributed by atoms with E-state index in [4.69, 9.17) is 9.15 Å². The first-order valence-corrected chi connectivity index (χ1v) is 8.79. The first-order valence-electron chi connectivity index (χ1n) is 8.00. The van der Waals surface area contributed by atoms with Gasteiger partial charge < -0.3 is 9.15 Å². The molecule has 0 amide bonds. The molecule has 0 saturated heterocycles. The first-order chi connectivity index (χ1) is 12.5. The molecule has 0 atom stereocenters. The molecule has 0 fully saturated rings. The number of carbonyl (C=O) groups is 1. The molecule has 0 spiro atoms. The lowest BCUT2D eigenvalue weighted by Crippen LogP contribution is -2.07. The topological polar surface area (TPSA) is 65.2 Å². The summed E-state index contributed by atoms with van der Waals surface area (Å²) in [5.74, 6) is -0.119. The highest BCUT2D eigenvalue weighted by molar-refractivity contribution is 9.10. The number of rotatable bonds is 6. The van der Waals surface area contributed by atoms with Crippen molar-refractivity contribution in [3.63, 3.8) is 0 Å². The summed E-state index contributed by atoms with van der Waals surface area (Å²) in [7, 11) is 0. The Morgan fingerprint density at radius 3 is 2.69 bits per heavy atom. The van der Waals surface area contributed by atoms with E-state index in [2.05, 4.69) is 26.1 Å². The largest absolute Gasteiger partial charge is 0.461 e. The summed E-state index contributed by atoms with van der Waals surface area (Å²) in [6.45, 7) is 1.88. The number of nitrogens with zero attached hydrogens (tertiary/aromatic N) is 2. The zero-order valence-corrected chi connectivity index (χ0v) is 15.6. The number of benzene rings is 2. The van der Waals surface area contributed by atoms with Crippen LogP contribution in [-0.4, -0.2) is 16.2 Å². The zero-order valence-electron chi connectivity index (χ0n) is 14.0. The number of hydrogen-bond acceptors (Lipinski definition) is 5. The highest BCUT2D eigenvalue weighted by atomic mass is 79.9. The second-order valence-electron chi connectivity index (χ2n) is 5.76. The Morgan fingerprint density at radius 2 is 1.96 bits per heavy atom. The lowest BCUT2D eigenvalue weighted by atomic mass is 10.1. The van der Waals surface area contributed by atoms with Crippen LogP contribution < -0.4 is 0 Å². The number of aromatic nitrogens is 2. The van der Waals surface area contributed by atoms with Crippen LogP contribution >= 0.6 is 15.9 Å². The molecule has 0 aliphatic rings. The molecule has 0 unspecified atom stereocenters. The fraction of sp³-hybridized carbons (Fsp3) is 0.211. The molecule has 134 valence electrons. The van der Waals surface area contributed by atoms with E-state index in [1.165, 1.54) is 6.07 Å². The van der Waals surface area contributed by atoms with Gasteiger partial charge in [-0.15, -0.1) is 10.2 Å². The van der Waals surface area contributed by atoms with Gasteiger partial charge >= 0.3 is 5.97 Å². The third kappa shape index (κ3) is 4.76. The van der Waals surface area contributed by atoms with Crippen LogP contribution in [0.3, 0.4) is 0 Å². The molecule has 0 aliphatic carbocycles. The van der Waals surface area contributed by atoms with Gasteiger partial charge in [0.25, 0.3) is 0 Å². The van der Waals surface area contributed by atoms with Crippen LogP contribution in [0.15, 0.2) is 51.4 Å². The first kappa shape index (κ1) is 18.3. The second kappa shape index (κ2) is 8.23. The summed E-state index contributed by atoms with van der Waals surface area (Å²) in [4.78, 5) is 11.8. The molecular formula is C19H16BrFN2O3. The van der Waals surface area contributed by atoms with Gasteiger partial charge in [-0.3, -0.25) is 4.79 Å². The maximum Gasteiger partial charge on any atom is 0.306 e. The Labute approximate surface area is 158 Å². The van der Waals surface area contributed by atoms with Crippen molar-refractivity contribution < 1.29 is 18.3 Å². The van der Waals surface area contributed by atoms with Gasteiger partial charge in [0.1, 0.15) is 12.4 Å². The summed E-state index contributed by atoms with van der Waals surface area (Å²) >= 11 is 3.18. The Morgan fingerprint density at radius 1 is 1.19 bits per heavy atom. The van der Waals surface area contributed by atoms with E-state index in [-0.39, 0.29) is 19.4 Å². The second-order valence-corrected chi connectivity index (χ2v) is 6.68. The normalized spacial score (nSPS) is 10.7. The van der Waals surface area contributed by atoms with Crippen LogP contribution in [0.5, 0.6) is 0 Å². The van der Waals surface area contributed by atoms with Crippen molar-refractivity contribution >= 4 is 21.9 Å². The maximum absolute atomic E-state index is 13.7. The number of esters is 1. The minimum atomic E-state index is -0.456. The Balaban J connectivity index is 1.51. The predicted molar refractivity (Wildman–Crippen MR) is 96.7 cm³/mol. The Kier molecular flexibility index (Phi) is 5.78. The third-order valence-corrected chi connectivity index (χ3v) is 4.21. The minimum Gasteiger partial charge on any atom is -0.461 e. The summed E-state index contributed by atoms with van der Waals surface area (Å²) in [6, 6.07) is 12.3. The van der Waals surface area contributed by atoms with Crippen molar-refractivity contribution in [2.75, 3.05) is 0 Å². The monoisotopic (exact) mass is 418 g/mol. The van der Waals surface area contributed by atoms with E-state index in [0.29, 0.717) is 21.8 Å². The summed E-state index contributed by atoms with van der Waals surface area (Å²) in [6.07, 6.45) is 0.341. The SMILES string of the molecule is Cc1ccc(-c2nnc(CCC(=O)OCc3ccc(Br)cc3F)o2)cc1. The molecule has 1 heterocycles. The summed E-state index contributed by atoms with van der Waals surface area (Å²) in [5.41, 5.74) is 2.28. The summed E-state index contributed by atoms with van der Waals surface area (Å²) in [5, 5.41) is 7.92. The van der Waals surface area contributed by atoms with E-state index in [0.717, 1.165) is 11.1 Å². The van der Waals surface area contributed by atoms with Gasteiger partial charge in [0.05, 0.1) is 6.42 Å². The van der Waals surface area contributed by atoms with Crippen LogP contribution in [-0.2, 0) is 22.6 Å². The number of hydrogen-bond donors (Lipinski definition) is 0. The van der Waals surface area contributed by atoms with Crippen molar-refractivity contribution in [2.24, 2.45) is 0 Å². The molecule has 0 bridgehead atoms. The van der Waals surface area contributed by atoms with Crippen LogP contribution in [0, 0.1) is 12.7 Å². The molecule has 0 N–H and O–H groups in total. The van der Waals surface area contributed by atoms with Crippen LogP contribution in [0.1, 0.15) is 23.4 Å². The number of halogens is 2.